The van der Waals surface area contributed by atoms with E-state index in [2.05, 4.69) is 34.6 Å². The first-order valence-corrected chi connectivity index (χ1v) is 15.5. The number of Topliss-reactive ketones (excluding diaryl/α,β-unsaturated/α-hetero) is 1. The van der Waals surface area contributed by atoms with Crippen LogP contribution in [0.3, 0.4) is 0 Å². The van der Waals surface area contributed by atoms with E-state index in [1.807, 2.05) is 30.3 Å². The van der Waals surface area contributed by atoms with Gasteiger partial charge in [0.2, 0.25) is 0 Å². The van der Waals surface area contributed by atoms with Crippen LogP contribution in [0, 0.1) is 52.3 Å². The Labute approximate surface area is 230 Å². The fourth-order valence-corrected chi connectivity index (χ4v) is 9.92. The summed E-state index contributed by atoms with van der Waals surface area (Å²) in [5.74, 6) is 3.57. The number of fused-ring (bicyclic) bond motifs is 5. The average molecular weight is 523 g/mol. The summed E-state index contributed by atoms with van der Waals surface area (Å²) < 4.78 is 6.00. The number of hydrogen-bond donors (Lipinski definition) is 1. The third-order valence-electron chi connectivity index (χ3n) is 12.2. The molecule has 1 aromatic carbocycles. The highest BCUT2D eigenvalue weighted by Crippen LogP contribution is 2.68. The van der Waals surface area contributed by atoms with E-state index in [4.69, 9.17) is 4.74 Å². The van der Waals surface area contributed by atoms with Gasteiger partial charge in [0.1, 0.15) is 11.9 Å². The molecule has 0 radical (unpaired) electrons. The van der Waals surface area contributed by atoms with Gasteiger partial charge in [-0.15, -0.1) is 0 Å². The lowest BCUT2D eigenvalue weighted by molar-refractivity contribution is -0.169. The van der Waals surface area contributed by atoms with Gasteiger partial charge in [-0.2, -0.15) is 0 Å². The molecule has 4 heteroatoms. The van der Waals surface area contributed by atoms with Crippen LogP contribution in [0.4, 0.5) is 0 Å². The molecule has 0 aliphatic heterocycles. The number of ketones is 1. The summed E-state index contributed by atoms with van der Waals surface area (Å²) in [6, 6.07) is 9.33. The fraction of sp³-hybridized carbons (Fsp3) is 0.765. The lowest BCUT2D eigenvalue weighted by Gasteiger charge is -2.62. The van der Waals surface area contributed by atoms with E-state index in [-0.39, 0.29) is 34.9 Å². The van der Waals surface area contributed by atoms with E-state index >= 15 is 0 Å². The molecule has 1 N–H and O–H groups in total. The van der Waals surface area contributed by atoms with Crippen molar-refractivity contribution in [3.63, 3.8) is 0 Å². The van der Waals surface area contributed by atoms with Crippen molar-refractivity contribution in [3.05, 3.63) is 35.9 Å². The van der Waals surface area contributed by atoms with E-state index in [0.29, 0.717) is 53.3 Å². The maximum absolute atomic E-state index is 12.7. The number of carbonyl (C=O) groups is 2. The van der Waals surface area contributed by atoms with Crippen molar-refractivity contribution in [3.8, 4) is 0 Å². The largest absolute Gasteiger partial charge is 0.459 e. The van der Waals surface area contributed by atoms with Crippen LogP contribution in [0.2, 0.25) is 0 Å². The molecule has 4 saturated carbocycles. The second-order valence-corrected chi connectivity index (χ2v) is 14.4. The average Bonchev–Trinajstić information content (AvgIpc) is 3.24. The van der Waals surface area contributed by atoms with Crippen molar-refractivity contribution < 1.29 is 19.4 Å². The third kappa shape index (κ3) is 4.88. The summed E-state index contributed by atoms with van der Waals surface area (Å²) in [5.41, 5.74) is 1.11. The molecule has 210 valence electrons. The highest BCUT2D eigenvalue weighted by atomic mass is 16.5. The molecule has 0 bridgehead atoms. The van der Waals surface area contributed by atoms with Crippen LogP contribution < -0.4 is 0 Å². The van der Waals surface area contributed by atoms with Gasteiger partial charge in [0.25, 0.3) is 0 Å². The molecule has 0 saturated heterocycles. The monoisotopic (exact) mass is 522 g/mol. The maximum Gasteiger partial charge on any atom is 0.338 e. The third-order valence-corrected chi connectivity index (χ3v) is 12.2. The van der Waals surface area contributed by atoms with Gasteiger partial charge < -0.3 is 9.84 Å². The van der Waals surface area contributed by atoms with E-state index in [1.165, 1.54) is 25.7 Å². The molecule has 1 aromatic rings. The number of esters is 1. The summed E-state index contributed by atoms with van der Waals surface area (Å²) >= 11 is 0. The lowest BCUT2D eigenvalue weighted by Crippen LogP contribution is -2.58. The molecule has 0 amide bonds. The minimum absolute atomic E-state index is 0.0723. The zero-order valence-electron chi connectivity index (χ0n) is 24.3. The van der Waals surface area contributed by atoms with E-state index in [9.17, 15) is 14.7 Å². The zero-order chi connectivity index (χ0) is 27.2. The molecule has 4 fully saturated rings. The summed E-state index contributed by atoms with van der Waals surface area (Å²) in [6.45, 7) is 11.7. The van der Waals surface area contributed by atoms with Crippen molar-refractivity contribution in [1.29, 1.82) is 0 Å². The molecule has 5 rings (SSSR count). The lowest BCUT2D eigenvalue weighted by atomic mass is 9.44. The van der Waals surface area contributed by atoms with Crippen molar-refractivity contribution in [2.24, 2.45) is 52.3 Å². The Balaban J connectivity index is 1.25. The molecule has 4 aliphatic carbocycles. The van der Waals surface area contributed by atoms with E-state index in [0.717, 1.165) is 32.1 Å². The predicted octanol–water partition coefficient (Wildman–Crippen LogP) is 7.48. The minimum Gasteiger partial charge on any atom is -0.459 e. The van der Waals surface area contributed by atoms with Gasteiger partial charge in [0.05, 0.1) is 11.7 Å². The van der Waals surface area contributed by atoms with Crippen molar-refractivity contribution in [2.75, 3.05) is 0 Å². The molecule has 38 heavy (non-hydrogen) atoms. The van der Waals surface area contributed by atoms with Crippen LogP contribution >= 0.6 is 0 Å². The second kappa shape index (κ2) is 10.7. The fourth-order valence-electron chi connectivity index (χ4n) is 9.92. The Morgan fingerprint density at radius 1 is 1.00 bits per heavy atom. The number of carbonyl (C=O) groups excluding carboxylic acids is 2. The molecule has 10 atom stereocenters. The second-order valence-electron chi connectivity index (χ2n) is 14.4. The predicted molar refractivity (Wildman–Crippen MR) is 150 cm³/mol. The smallest absolute Gasteiger partial charge is 0.338 e. The standard InChI is InChI=1S/C34H50O4/c1-21(2)30(38-32(37)23-9-7-6-8-10-23)14-11-22(3)26-12-13-27-31-28(16-18-34(26,27)5)33(4)17-15-25(35)19-24(33)20-29(31)36/h6-10,21-22,24,26-31,36H,11-20H2,1-5H3/t22-,24-,26-,27+,28+,29-,30-,31+,33+,34-/m1/s1. The Kier molecular flexibility index (Phi) is 7.86. The first kappa shape index (κ1) is 27.9. The SMILES string of the molecule is CC(C)[C@@H](CC[C@@H](C)[C@H]1CC[C@H]2[C@@H]3[C@H](O)C[C@H]4CC(=O)CC[C@]4(C)[C@H]3CC[C@]12C)OC(=O)c1ccccc1. The highest BCUT2D eigenvalue weighted by Gasteiger charge is 2.62. The highest BCUT2D eigenvalue weighted by molar-refractivity contribution is 5.89. The molecular weight excluding hydrogens is 472 g/mol. The van der Waals surface area contributed by atoms with Crippen LogP contribution in [0.1, 0.15) is 109 Å². The van der Waals surface area contributed by atoms with Crippen LogP contribution in [-0.4, -0.2) is 29.1 Å². The number of hydrogen-bond acceptors (Lipinski definition) is 4. The summed E-state index contributed by atoms with van der Waals surface area (Å²) in [7, 11) is 0. The zero-order valence-corrected chi connectivity index (χ0v) is 24.3. The number of aliphatic hydroxyl groups is 1. The van der Waals surface area contributed by atoms with Gasteiger partial charge in [0.15, 0.2) is 0 Å². The topological polar surface area (TPSA) is 63.6 Å². The molecule has 0 spiro atoms. The van der Waals surface area contributed by atoms with Gasteiger partial charge in [0, 0.05) is 12.8 Å². The summed E-state index contributed by atoms with van der Waals surface area (Å²) in [5, 5.41) is 11.5. The number of benzene rings is 1. The van der Waals surface area contributed by atoms with Crippen LogP contribution in [0.25, 0.3) is 0 Å². The van der Waals surface area contributed by atoms with Crippen molar-refractivity contribution >= 4 is 11.8 Å². The number of ether oxygens (including phenoxy) is 1. The Morgan fingerprint density at radius 3 is 2.42 bits per heavy atom. The van der Waals surface area contributed by atoms with Gasteiger partial charge in [-0.25, -0.2) is 4.79 Å². The molecule has 4 aliphatic rings. The van der Waals surface area contributed by atoms with Crippen LogP contribution in [-0.2, 0) is 9.53 Å². The van der Waals surface area contributed by atoms with Crippen LogP contribution in [0.15, 0.2) is 30.3 Å². The first-order valence-electron chi connectivity index (χ1n) is 15.5. The molecular formula is C34H50O4. The molecule has 4 nitrogen and oxygen atoms in total. The Morgan fingerprint density at radius 2 is 1.71 bits per heavy atom. The maximum atomic E-state index is 12.7. The van der Waals surface area contributed by atoms with Gasteiger partial charge in [-0.3, -0.25) is 4.79 Å². The molecule has 0 unspecified atom stereocenters. The van der Waals surface area contributed by atoms with Gasteiger partial charge in [-0.05, 0) is 116 Å². The van der Waals surface area contributed by atoms with Crippen LogP contribution in [0.5, 0.6) is 0 Å². The summed E-state index contributed by atoms with van der Waals surface area (Å²) in [6.07, 6.45) is 9.80. The van der Waals surface area contributed by atoms with Crippen molar-refractivity contribution in [2.45, 2.75) is 111 Å². The first-order chi connectivity index (χ1) is 18.0. The van der Waals surface area contributed by atoms with Crippen molar-refractivity contribution in [1.82, 2.24) is 0 Å². The Hall–Kier alpha value is -1.68. The molecule has 0 aromatic heterocycles. The van der Waals surface area contributed by atoms with Gasteiger partial charge in [-0.1, -0.05) is 52.8 Å². The minimum atomic E-state index is -0.259. The molecule has 0 heterocycles. The van der Waals surface area contributed by atoms with E-state index < -0.39 is 0 Å². The number of aliphatic hydroxyl groups excluding tert-OH is 1. The summed E-state index contributed by atoms with van der Waals surface area (Å²) in [4.78, 5) is 25.0. The quantitative estimate of drug-likeness (QED) is 0.377. The number of rotatable bonds is 7. The normalized spacial score (nSPS) is 40.1. The van der Waals surface area contributed by atoms with E-state index in [1.54, 1.807) is 0 Å². The van der Waals surface area contributed by atoms with Gasteiger partial charge >= 0.3 is 5.97 Å². The Bertz CT molecular complexity index is 1000.